The van der Waals surface area contributed by atoms with Crippen LogP contribution in [0.4, 0.5) is 10.6 Å². The van der Waals surface area contributed by atoms with Crippen LogP contribution in [0.5, 0.6) is 0 Å². The van der Waals surface area contributed by atoms with Gasteiger partial charge in [-0.1, -0.05) is 30.3 Å². The van der Waals surface area contributed by atoms with Crippen molar-refractivity contribution >= 4 is 17.8 Å². The predicted octanol–water partition coefficient (Wildman–Crippen LogP) is 1.50. The van der Waals surface area contributed by atoms with Gasteiger partial charge in [-0.3, -0.25) is 10.2 Å². The molecule has 0 saturated heterocycles. The molecule has 1 aromatic carbocycles. The quantitative estimate of drug-likeness (QED) is 0.366. The van der Waals surface area contributed by atoms with Crippen LogP contribution in [0.3, 0.4) is 0 Å². The van der Waals surface area contributed by atoms with Gasteiger partial charge in [-0.05, 0) is 36.1 Å². The number of hydrogen-bond acceptors (Lipinski definition) is 4. The first-order valence-electron chi connectivity index (χ1n) is 7.62. The zero-order valence-electron chi connectivity index (χ0n) is 13.5. The van der Waals surface area contributed by atoms with E-state index in [4.69, 9.17) is 5.84 Å². The van der Waals surface area contributed by atoms with Crippen LogP contribution in [0, 0.1) is 0 Å². The zero-order valence-corrected chi connectivity index (χ0v) is 13.5. The largest absolute Gasteiger partial charge is 0.333 e. The van der Waals surface area contributed by atoms with Gasteiger partial charge < -0.3 is 10.6 Å². The molecule has 0 bridgehead atoms. The summed E-state index contributed by atoms with van der Waals surface area (Å²) >= 11 is 0. The van der Waals surface area contributed by atoms with Gasteiger partial charge >= 0.3 is 6.03 Å². The topological polar surface area (TPSA) is 109 Å². The highest BCUT2D eigenvalue weighted by Crippen LogP contribution is 2.10. The first-order valence-corrected chi connectivity index (χ1v) is 7.62. The van der Waals surface area contributed by atoms with Crippen LogP contribution in [-0.4, -0.2) is 16.9 Å². The lowest BCUT2D eigenvalue weighted by molar-refractivity contribution is -0.114. The molecule has 2 aromatic rings. The number of hydrogen-bond donors (Lipinski definition) is 4. The summed E-state index contributed by atoms with van der Waals surface area (Å²) < 4.78 is 0. The van der Waals surface area contributed by atoms with Crippen LogP contribution in [0.25, 0.3) is 0 Å². The number of pyridine rings is 1. The van der Waals surface area contributed by atoms with E-state index in [9.17, 15) is 9.59 Å². The summed E-state index contributed by atoms with van der Waals surface area (Å²) in [7, 11) is 0. The molecule has 0 aliphatic rings. The Morgan fingerprint density at radius 3 is 2.42 bits per heavy atom. The minimum Gasteiger partial charge on any atom is -0.333 e. The van der Waals surface area contributed by atoms with E-state index in [-0.39, 0.29) is 5.91 Å². The molecule has 126 valence electrons. The maximum Gasteiger partial charge on any atom is 0.329 e. The number of anilines is 1. The third kappa shape index (κ3) is 5.69. The fourth-order valence-electron chi connectivity index (χ4n) is 2.20. The number of amides is 3. The SMILES string of the molecule is CC(=O)Nc1cccc(CCc2ccc(CNC(=O)NN)cc2)n1. The molecule has 1 heterocycles. The number of nitrogens with one attached hydrogen (secondary N) is 3. The number of urea groups is 1. The molecule has 7 nitrogen and oxygen atoms in total. The van der Waals surface area contributed by atoms with E-state index in [1.165, 1.54) is 12.5 Å². The molecular formula is C17H21N5O2. The van der Waals surface area contributed by atoms with E-state index in [2.05, 4.69) is 15.6 Å². The van der Waals surface area contributed by atoms with Crippen molar-refractivity contribution in [1.29, 1.82) is 0 Å². The second-order valence-electron chi connectivity index (χ2n) is 5.34. The molecule has 5 N–H and O–H groups in total. The van der Waals surface area contributed by atoms with Gasteiger partial charge in [0.25, 0.3) is 0 Å². The Bertz CT molecular complexity index is 700. The van der Waals surface area contributed by atoms with Gasteiger partial charge in [0.05, 0.1) is 0 Å². The van der Waals surface area contributed by atoms with Crippen LogP contribution < -0.4 is 21.9 Å². The van der Waals surface area contributed by atoms with Crippen LogP contribution in [0.2, 0.25) is 0 Å². The molecule has 0 unspecified atom stereocenters. The van der Waals surface area contributed by atoms with Crippen molar-refractivity contribution in [3.8, 4) is 0 Å². The lowest BCUT2D eigenvalue weighted by Crippen LogP contribution is -2.39. The Balaban J connectivity index is 1.88. The monoisotopic (exact) mass is 327 g/mol. The summed E-state index contributed by atoms with van der Waals surface area (Å²) in [5.74, 6) is 5.44. The Morgan fingerprint density at radius 1 is 1.04 bits per heavy atom. The smallest absolute Gasteiger partial charge is 0.329 e. The molecule has 0 saturated carbocycles. The molecule has 2 rings (SSSR count). The summed E-state index contributed by atoms with van der Waals surface area (Å²) in [5, 5.41) is 5.31. The number of hydrazine groups is 1. The molecular weight excluding hydrogens is 306 g/mol. The fourth-order valence-corrected chi connectivity index (χ4v) is 2.20. The molecule has 24 heavy (non-hydrogen) atoms. The first-order chi connectivity index (χ1) is 11.6. The number of benzene rings is 1. The normalized spacial score (nSPS) is 10.1. The zero-order chi connectivity index (χ0) is 17.4. The van der Waals surface area contributed by atoms with Gasteiger partial charge in [-0.15, -0.1) is 0 Å². The van der Waals surface area contributed by atoms with Crippen molar-refractivity contribution in [1.82, 2.24) is 15.7 Å². The van der Waals surface area contributed by atoms with Crippen molar-refractivity contribution in [2.45, 2.75) is 26.3 Å². The molecule has 1 aromatic heterocycles. The number of rotatable bonds is 6. The Hall–Kier alpha value is -2.93. The number of carbonyl (C=O) groups is 2. The molecule has 0 atom stereocenters. The Labute approximate surface area is 140 Å². The predicted molar refractivity (Wildman–Crippen MR) is 91.9 cm³/mol. The highest BCUT2D eigenvalue weighted by Gasteiger charge is 2.02. The minimum atomic E-state index is -0.413. The number of carbonyl (C=O) groups excluding carboxylic acids is 2. The second kappa shape index (κ2) is 8.64. The third-order valence-electron chi connectivity index (χ3n) is 3.39. The molecule has 0 radical (unpaired) electrons. The van der Waals surface area contributed by atoms with E-state index in [1.807, 2.05) is 41.8 Å². The highest BCUT2D eigenvalue weighted by molar-refractivity contribution is 5.87. The number of aromatic nitrogens is 1. The molecule has 0 spiro atoms. The molecule has 3 amide bonds. The Morgan fingerprint density at radius 2 is 1.75 bits per heavy atom. The van der Waals surface area contributed by atoms with Gasteiger partial charge in [-0.25, -0.2) is 15.6 Å². The second-order valence-corrected chi connectivity index (χ2v) is 5.34. The van der Waals surface area contributed by atoms with Crippen molar-refractivity contribution in [2.75, 3.05) is 5.32 Å². The summed E-state index contributed by atoms with van der Waals surface area (Å²) in [5.41, 5.74) is 5.11. The molecule has 7 heteroatoms. The average Bonchev–Trinajstić information content (AvgIpc) is 2.58. The summed E-state index contributed by atoms with van der Waals surface area (Å²) in [4.78, 5) is 26.5. The van der Waals surface area contributed by atoms with E-state index >= 15 is 0 Å². The van der Waals surface area contributed by atoms with Gasteiger partial charge in [0, 0.05) is 19.2 Å². The first kappa shape index (κ1) is 17.4. The maximum absolute atomic E-state index is 11.1. The summed E-state index contributed by atoms with van der Waals surface area (Å²) in [6.45, 7) is 1.88. The van der Waals surface area contributed by atoms with Crippen LogP contribution in [-0.2, 0) is 24.2 Å². The standard InChI is InChI=1S/C17H21N5O2/c1-12(23)20-16-4-2-3-15(21-16)10-9-13-5-7-14(8-6-13)11-19-17(24)22-18/h2-8H,9-11,18H2,1H3,(H2,19,22,24)(H,20,21,23). The van der Waals surface area contributed by atoms with Crippen LogP contribution >= 0.6 is 0 Å². The van der Waals surface area contributed by atoms with Crippen LogP contribution in [0.1, 0.15) is 23.7 Å². The summed E-state index contributed by atoms with van der Waals surface area (Å²) in [6, 6.07) is 13.2. The van der Waals surface area contributed by atoms with E-state index < -0.39 is 6.03 Å². The van der Waals surface area contributed by atoms with Gasteiger partial charge in [-0.2, -0.15) is 0 Å². The maximum atomic E-state index is 11.1. The van der Waals surface area contributed by atoms with E-state index in [1.54, 1.807) is 6.07 Å². The molecule has 0 aliphatic heterocycles. The third-order valence-corrected chi connectivity index (χ3v) is 3.39. The van der Waals surface area contributed by atoms with Crippen molar-refractivity contribution in [3.05, 3.63) is 59.3 Å². The lowest BCUT2D eigenvalue weighted by Gasteiger charge is -2.07. The molecule has 0 fully saturated rings. The lowest BCUT2D eigenvalue weighted by atomic mass is 10.1. The van der Waals surface area contributed by atoms with Crippen molar-refractivity contribution < 1.29 is 9.59 Å². The number of nitrogens with two attached hydrogens (primary N) is 1. The minimum absolute atomic E-state index is 0.132. The van der Waals surface area contributed by atoms with Crippen molar-refractivity contribution in [3.63, 3.8) is 0 Å². The molecule has 0 aliphatic carbocycles. The number of nitrogens with zero attached hydrogens (tertiary/aromatic N) is 1. The van der Waals surface area contributed by atoms with Gasteiger partial charge in [0.1, 0.15) is 5.82 Å². The Kier molecular flexibility index (Phi) is 6.27. The average molecular weight is 327 g/mol. The fraction of sp³-hybridized carbons (Fsp3) is 0.235. The number of aryl methyl sites for hydroxylation is 2. The van der Waals surface area contributed by atoms with Crippen LogP contribution in [0.15, 0.2) is 42.5 Å². The van der Waals surface area contributed by atoms with Gasteiger partial charge in [0.2, 0.25) is 5.91 Å². The highest BCUT2D eigenvalue weighted by atomic mass is 16.2. The summed E-state index contributed by atoms with van der Waals surface area (Å²) in [6.07, 6.45) is 1.62. The van der Waals surface area contributed by atoms with Crippen molar-refractivity contribution in [2.24, 2.45) is 5.84 Å². The van der Waals surface area contributed by atoms with Gasteiger partial charge in [0.15, 0.2) is 0 Å². The van der Waals surface area contributed by atoms with E-state index in [0.717, 1.165) is 24.1 Å². The van der Waals surface area contributed by atoms with E-state index in [0.29, 0.717) is 12.4 Å².